The van der Waals surface area contributed by atoms with E-state index in [9.17, 15) is 14.0 Å². The van der Waals surface area contributed by atoms with Crippen LogP contribution in [0.25, 0.3) is 0 Å². The summed E-state index contributed by atoms with van der Waals surface area (Å²) in [5, 5.41) is 3.20. The lowest BCUT2D eigenvalue weighted by Crippen LogP contribution is -2.62. The molecular weight excluding hydrogens is 413 g/mol. The molecule has 1 aromatic rings. The third-order valence-corrected chi connectivity index (χ3v) is 6.59. The van der Waals surface area contributed by atoms with Crippen LogP contribution in [0.1, 0.15) is 19.8 Å². The van der Waals surface area contributed by atoms with Crippen LogP contribution in [0, 0.1) is 17.7 Å². The summed E-state index contributed by atoms with van der Waals surface area (Å²) >= 11 is 6.03. The van der Waals surface area contributed by atoms with Gasteiger partial charge >= 0.3 is 6.03 Å². The predicted octanol–water partition coefficient (Wildman–Crippen LogP) is 2.53. The predicted molar refractivity (Wildman–Crippen MR) is 109 cm³/mol. The Balaban J connectivity index is 1.28. The van der Waals surface area contributed by atoms with E-state index >= 15 is 0 Å². The number of amides is 3. The first-order valence-electron chi connectivity index (χ1n) is 10.4. The molecule has 1 N–H and O–H groups in total. The third-order valence-electron chi connectivity index (χ3n) is 6.30. The van der Waals surface area contributed by atoms with Crippen molar-refractivity contribution in [2.45, 2.75) is 31.9 Å². The first-order valence-corrected chi connectivity index (χ1v) is 10.8. The molecule has 3 fully saturated rings. The van der Waals surface area contributed by atoms with Gasteiger partial charge < -0.3 is 24.6 Å². The number of benzene rings is 1. The fourth-order valence-corrected chi connectivity index (χ4v) is 4.70. The summed E-state index contributed by atoms with van der Waals surface area (Å²) in [7, 11) is 0. The summed E-state index contributed by atoms with van der Waals surface area (Å²) in [4.78, 5) is 28.3. The number of urea groups is 1. The van der Waals surface area contributed by atoms with E-state index in [0.717, 1.165) is 12.8 Å². The highest BCUT2D eigenvalue weighted by Gasteiger charge is 2.38. The Morgan fingerprint density at radius 2 is 2.07 bits per heavy atom. The van der Waals surface area contributed by atoms with E-state index in [-0.39, 0.29) is 47.5 Å². The number of rotatable bonds is 3. The van der Waals surface area contributed by atoms with Gasteiger partial charge in [-0.1, -0.05) is 18.5 Å². The number of hydrogen-bond donors (Lipinski definition) is 1. The quantitative estimate of drug-likeness (QED) is 0.785. The van der Waals surface area contributed by atoms with Crippen LogP contribution in [0.4, 0.5) is 9.18 Å². The highest BCUT2D eigenvalue weighted by molar-refractivity contribution is 6.32. The molecule has 0 bridgehead atoms. The maximum absolute atomic E-state index is 13.2. The van der Waals surface area contributed by atoms with E-state index in [2.05, 4.69) is 12.2 Å². The van der Waals surface area contributed by atoms with Crippen LogP contribution in [-0.2, 0) is 9.53 Å². The van der Waals surface area contributed by atoms with Gasteiger partial charge in [0.05, 0.1) is 23.8 Å². The number of morpholine rings is 1. The second kappa shape index (κ2) is 8.98. The molecule has 0 radical (unpaired) electrons. The number of carbonyl (C=O) groups is 2. The monoisotopic (exact) mass is 439 g/mol. The van der Waals surface area contributed by atoms with Gasteiger partial charge in [0, 0.05) is 26.2 Å². The van der Waals surface area contributed by atoms with Crippen LogP contribution in [0.3, 0.4) is 0 Å². The topological polar surface area (TPSA) is 71.1 Å². The standard InChI is InChI=1S/C21H27ClFN3O4/c1-13-9-25(6-4-14(13)11-29-18-3-2-15(23)8-16(18)22)21(28)26-7-5-19-17(10-26)24-20(27)12-30-19/h2-3,8,13-14,17,19H,4-7,9-12H2,1H3,(H,24,27)/t13?,14?,17-,19+/m1/s1. The van der Waals surface area contributed by atoms with Crippen molar-refractivity contribution in [2.24, 2.45) is 11.8 Å². The van der Waals surface area contributed by atoms with Gasteiger partial charge in [0.1, 0.15) is 18.2 Å². The molecule has 3 aliphatic heterocycles. The van der Waals surface area contributed by atoms with E-state index in [1.165, 1.54) is 12.1 Å². The lowest BCUT2D eigenvalue weighted by atomic mass is 9.87. The Morgan fingerprint density at radius 1 is 1.30 bits per heavy atom. The SMILES string of the molecule is CC1CN(C(=O)N2CC[C@@H]3OCC(=O)N[C@@H]3C2)CCC1COc1ccc(F)cc1Cl. The van der Waals surface area contributed by atoms with E-state index < -0.39 is 5.82 Å². The van der Waals surface area contributed by atoms with Gasteiger partial charge in [0.2, 0.25) is 5.91 Å². The number of carbonyl (C=O) groups excluding carboxylic acids is 2. The average molecular weight is 440 g/mol. The molecule has 3 heterocycles. The lowest BCUT2D eigenvalue weighted by molar-refractivity contribution is -0.139. The normalized spacial score (nSPS) is 29.2. The van der Waals surface area contributed by atoms with Gasteiger partial charge in [-0.15, -0.1) is 0 Å². The highest BCUT2D eigenvalue weighted by atomic mass is 35.5. The summed E-state index contributed by atoms with van der Waals surface area (Å²) in [5.41, 5.74) is 0. The largest absolute Gasteiger partial charge is 0.492 e. The number of nitrogens with one attached hydrogen (secondary N) is 1. The molecule has 1 aromatic carbocycles. The van der Waals surface area contributed by atoms with Gasteiger partial charge in [-0.05, 0) is 42.9 Å². The van der Waals surface area contributed by atoms with Crippen molar-refractivity contribution < 1.29 is 23.5 Å². The number of piperidine rings is 2. The Morgan fingerprint density at radius 3 is 2.83 bits per heavy atom. The maximum atomic E-state index is 13.2. The van der Waals surface area contributed by atoms with Crippen LogP contribution in [0.5, 0.6) is 5.75 Å². The zero-order valence-electron chi connectivity index (χ0n) is 17.0. The Hall–Kier alpha value is -2.06. The van der Waals surface area contributed by atoms with Gasteiger partial charge in [-0.2, -0.15) is 0 Å². The molecule has 4 rings (SSSR count). The van der Waals surface area contributed by atoms with Crippen LogP contribution in [0.15, 0.2) is 18.2 Å². The van der Waals surface area contributed by atoms with Crippen molar-refractivity contribution >= 4 is 23.5 Å². The molecule has 4 atom stereocenters. The van der Waals surface area contributed by atoms with Crippen molar-refractivity contribution in [2.75, 3.05) is 39.4 Å². The minimum Gasteiger partial charge on any atom is -0.492 e. The smallest absolute Gasteiger partial charge is 0.320 e. The molecule has 7 nitrogen and oxygen atoms in total. The number of ether oxygens (including phenoxy) is 2. The molecule has 2 unspecified atom stereocenters. The number of fused-ring (bicyclic) bond motifs is 1. The summed E-state index contributed by atoms with van der Waals surface area (Å²) in [5.74, 6) is 0.504. The first kappa shape index (κ1) is 21.2. The molecular formula is C21H27ClFN3O4. The Labute approximate surface area is 180 Å². The van der Waals surface area contributed by atoms with Gasteiger partial charge in [0.15, 0.2) is 0 Å². The summed E-state index contributed by atoms with van der Waals surface area (Å²) in [6.07, 6.45) is 1.55. The molecule has 3 saturated heterocycles. The lowest BCUT2D eigenvalue weighted by Gasteiger charge is -2.44. The van der Waals surface area contributed by atoms with E-state index in [1.807, 2.05) is 9.80 Å². The zero-order chi connectivity index (χ0) is 21.3. The van der Waals surface area contributed by atoms with E-state index in [4.69, 9.17) is 21.1 Å². The first-order chi connectivity index (χ1) is 14.4. The van der Waals surface area contributed by atoms with E-state index in [1.54, 1.807) is 6.07 Å². The molecule has 164 valence electrons. The Bertz CT molecular complexity index is 810. The molecule has 30 heavy (non-hydrogen) atoms. The van der Waals surface area contributed by atoms with Gasteiger partial charge in [0.25, 0.3) is 0 Å². The summed E-state index contributed by atoms with van der Waals surface area (Å²) in [6.45, 7) is 5.11. The summed E-state index contributed by atoms with van der Waals surface area (Å²) < 4.78 is 24.6. The number of hydrogen-bond acceptors (Lipinski definition) is 4. The van der Waals surface area contributed by atoms with Crippen molar-refractivity contribution in [3.63, 3.8) is 0 Å². The molecule has 3 aliphatic rings. The molecule has 0 aliphatic carbocycles. The average Bonchev–Trinajstić information content (AvgIpc) is 2.72. The molecule has 0 spiro atoms. The third kappa shape index (κ3) is 4.64. The van der Waals surface area contributed by atoms with Crippen LogP contribution in [0.2, 0.25) is 5.02 Å². The zero-order valence-corrected chi connectivity index (χ0v) is 17.7. The maximum Gasteiger partial charge on any atom is 0.320 e. The van der Waals surface area contributed by atoms with Crippen molar-refractivity contribution in [1.82, 2.24) is 15.1 Å². The number of nitrogens with zero attached hydrogens (tertiary/aromatic N) is 2. The second-order valence-electron chi connectivity index (χ2n) is 8.40. The highest BCUT2D eigenvalue weighted by Crippen LogP contribution is 2.29. The number of halogens is 2. The fourth-order valence-electron chi connectivity index (χ4n) is 4.48. The molecule has 3 amide bonds. The Kier molecular flexibility index (Phi) is 6.34. The van der Waals surface area contributed by atoms with Crippen LogP contribution in [-0.4, -0.2) is 73.3 Å². The molecule has 9 heteroatoms. The molecule has 0 aromatic heterocycles. The van der Waals surface area contributed by atoms with Crippen molar-refractivity contribution in [1.29, 1.82) is 0 Å². The van der Waals surface area contributed by atoms with E-state index in [0.29, 0.717) is 38.5 Å². The van der Waals surface area contributed by atoms with Gasteiger partial charge in [-0.3, -0.25) is 4.79 Å². The molecule has 0 saturated carbocycles. The second-order valence-corrected chi connectivity index (χ2v) is 8.81. The van der Waals surface area contributed by atoms with Crippen LogP contribution < -0.4 is 10.1 Å². The van der Waals surface area contributed by atoms with Crippen LogP contribution >= 0.6 is 11.6 Å². The minimum atomic E-state index is -0.393. The number of likely N-dealkylation sites (tertiary alicyclic amines) is 2. The van der Waals surface area contributed by atoms with Gasteiger partial charge in [-0.25, -0.2) is 9.18 Å². The summed E-state index contributed by atoms with van der Waals surface area (Å²) in [6, 6.07) is 3.99. The minimum absolute atomic E-state index is 0.00755. The van der Waals surface area contributed by atoms with Crippen molar-refractivity contribution in [3.05, 3.63) is 29.0 Å². The van der Waals surface area contributed by atoms with Crippen molar-refractivity contribution in [3.8, 4) is 5.75 Å². The fraction of sp³-hybridized carbons (Fsp3) is 0.619.